The van der Waals surface area contributed by atoms with Crippen LogP contribution >= 0.6 is 0 Å². The van der Waals surface area contributed by atoms with Gasteiger partial charge < -0.3 is 9.72 Å². The fraction of sp³-hybridized carbons (Fsp3) is 0.111. The summed E-state index contributed by atoms with van der Waals surface area (Å²) in [6.07, 6.45) is 1.89. The van der Waals surface area contributed by atoms with Crippen molar-refractivity contribution < 1.29 is 4.74 Å². The van der Waals surface area contributed by atoms with Crippen LogP contribution in [0, 0.1) is 6.07 Å². The molecule has 1 heterocycles. The molecule has 0 saturated carbocycles. The summed E-state index contributed by atoms with van der Waals surface area (Å²) in [5.74, 6) is 0.833. The minimum atomic E-state index is 0.833. The summed E-state index contributed by atoms with van der Waals surface area (Å²) in [5.41, 5.74) is 1.06. The maximum absolute atomic E-state index is 5.04. The van der Waals surface area contributed by atoms with Gasteiger partial charge in [0.1, 0.15) is 5.75 Å². The molecule has 0 atom stereocenters. The summed E-state index contributed by atoms with van der Waals surface area (Å²) in [6, 6.07) is 8.85. The van der Waals surface area contributed by atoms with Gasteiger partial charge in [-0.15, -0.1) is 0 Å². The van der Waals surface area contributed by atoms with Gasteiger partial charge in [0.05, 0.1) is 7.11 Å². The van der Waals surface area contributed by atoms with E-state index in [9.17, 15) is 0 Å². The first-order chi connectivity index (χ1) is 5.40. The number of ether oxygens (including phenoxy) is 1. The van der Waals surface area contributed by atoms with Gasteiger partial charge in [-0.25, -0.2) is 0 Å². The molecule has 0 saturated heterocycles. The molecule has 2 nitrogen and oxygen atoms in total. The molecule has 0 amide bonds. The smallest absolute Gasteiger partial charge is 0.121 e. The van der Waals surface area contributed by atoms with Gasteiger partial charge in [0, 0.05) is 23.2 Å². The van der Waals surface area contributed by atoms with Crippen molar-refractivity contribution in [2.75, 3.05) is 7.11 Å². The minimum Gasteiger partial charge on any atom is -0.497 e. The van der Waals surface area contributed by atoms with E-state index in [1.54, 1.807) is 7.11 Å². The van der Waals surface area contributed by atoms with Crippen LogP contribution in [0.25, 0.3) is 10.9 Å². The average molecular weight is 146 g/mol. The van der Waals surface area contributed by atoms with E-state index in [-0.39, 0.29) is 0 Å². The minimum absolute atomic E-state index is 0.833. The largest absolute Gasteiger partial charge is 0.497 e. The van der Waals surface area contributed by atoms with E-state index in [2.05, 4.69) is 11.1 Å². The molecule has 1 aromatic heterocycles. The third kappa shape index (κ3) is 0.963. The van der Waals surface area contributed by atoms with Crippen LogP contribution in [0.2, 0.25) is 0 Å². The zero-order valence-corrected chi connectivity index (χ0v) is 6.22. The van der Waals surface area contributed by atoms with Crippen LogP contribution in [-0.2, 0) is 0 Å². The number of H-pyrrole nitrogens is 1. The standard InChI is InChI=1S/C9H8NO/c1-11-8-3-2-7-4-5-10-9(7)6-8/h3-6,10H,1H3. The third-order valence-corrected chi connectivity index (χ3v) is 1.67. The lowest BCUT2D eigenvalue weighted by Gasteiger charge is -1.97. The van der Waals surface area contributed by atoms with E-state index in [4.69, 9.17) is 4.74 Å². The number of methoxy groups -OCH3 is 1. The van der Waals surface area contributed by atoms with Crippen molar-refractivity contribution in [3.63, 3.8) is 0 Å². The van der Waals surface area contributed by atoms with Gasteiger partial charge in [0.2, 0.25) is 0 Å². The Kier molecular flexibility index (Phi) is 1.32. The van der Waals surface area contributed by atoms with Crippen molar-refractivity contribution in [1.29, 1.82) is 0 Å². The highest BCUT2D eigenvalue weighted by Gasteiger charge is 1.95. The first-order valence-electron chi connectivity index (χ1n) is 3.43. The second-order valence-electron chi connectivity index (χ2n) is 2.34. The van der Waals surface area contributed by atoms with E-state index in [1.807, 2.05) is 24.4 Å². The van der Waals surface area contributed by atoms with Crippen molar-refractivity contribution in [3.05, 3.63) is 30.5 Å². The number of aromatic amines is 1. The molecule has 0 spiro atoms. The molecule has 1 aromatic carbocycles. The molecule has 1 N–H and O–H groups in total. The molecule has 1 radical (unpaired) electrons. The normalized spacial score (nSPS) is 10.3. The Morgan fingerprint density at radius 3 is 3.27 bits per heavy atom. The second-order valence-corrected chi connectivity index (χ2v) is 2.34. The van der Waals surface area contributed by atoms with Crippen molar-refractivity contribution in [3.8, 4) is 5.75 Å². The van der Waals surface area contributed by atoms with E-state index in [0.29, 0.717) is 0 Å². The Labute approximate surface area is 64.8 Å². The van der Waals surface area contributed by atoms with Crippen molar-refractivity contribution >= 4 is 10.9 Å². The van der Waals surface area contributed by atoms with E-state index in [1.165, 1.54) is 0 Å². The van der Waals surface area contributed by atoms with Crippen LogP contribution in [0.3, 0.4) is 0 Å². The van der Waals surface area contributed by atoms with Crippen LogP contribution in [0.5, 0.6) is 5.75 Å². The third-order valence-electron chi connectivity index (χ3n) is 1.67. The Hall–Kier alpha value is -1.44. The van der Waals surface area contributed by atoms with Crippen LogP contribution in [0.4, 0.5) is 0 Å². The van der Waals surface area contributed by atoms with Crippen molar-refractivity contribution in [2.24, 2.45) is 0 Å². The van der Waals surface area contributed by atoms with Gasteiger partial charge in [-0.1, -0.05) is 0 Å². The molecule has 2 aromatic rings. The molecule has 2 heteroatoms. The Morgan fingerprint density at radius 1 is 1.55 bits per heavy atom. The molecular formula is C9H8NO. The summed E-state index contributed by atoms with van der Waals surface area (Å²) in [4.78, 5) is 3.08. The average Bonchev–Trinajstić information content (AvgIpc) is 2.50. The number of aromatic nitrogens is 1. The molecule has 55 valence electrons. The SMILES string of the molecule is COc1c[c]c2cc[nH]c2c1. The number of hydrogen-bond donors (Lipinski definition) is 1. The van der Waals surface area contributed by atoms with Crippen LogP contribution in [-0.4, -0.2) is 12.1 Å². The Bertz CT molecular complexity index is 364. The maximum atomic E-state index is 5.04. The number of fused-ring (bicyclic) bond motifs is 1. The van der Waals surface area contributed by atoms with E-state index >= 15 is 0 Å². The first kappa shape index (κ1) is 6.28. The lowest BCUT2D eigenvalue weighted by Crippen LogP contribution is -1.80. The second kappa shape index (κ2) is 2.31. The van der Waals surface area contributed by atoms with Crippen molar-refractivity contribution in [2.45, 2.75) is 0 Å². The predicted molar refractivity (Wildman–Crippen MR) is 43.7 cm³/mol. The summed E-state index contributed by atoms with van der Waals surface area (Å²) in [5, 5.41) is 1.09. The molecule has 11 heavy (non-hydrogen) atoms. The molecule has 0 unspecified atom stereocenters. The maximum Gasteiger partial charge on any atom is 0.121 e. The van der Waals surface area contributed by atoms with Crippen LogP contribution in [0.1, 0.15) is 0 Å². The highest BCUT2D eigenvalue weighted by atomic mass is 16.5. The number of nitrogens with one attached hydrogen (secondary N) is 1. The lowest BCUT2D eigenvalue weighted by molar-refractivity contribution is 0.415. The van der Waals surface area contributed by atoms with Gasteiger partial charge in [-0.3, -0.25) is 0 Å². The van der Waals surface area contributed by atoms with Gasteiger partial charge in [0.25, 0.3) is 0 Å². The molecule has 2 rings (SSSR count). The molecular weight excluding hydrogens is 138 g/mol. The zero-order chi connectivity index (χ0) is 7.68. The summed E-state index contributed by atoms with van der Waals surface area (Å²) < 4.78 is 5.04. The fourth-order valence-electron chi connectivity index (χ4n) is 1.08. The lowest BCUT2D eigenvalue weighted by atomic mass is 10.2. The van der Waals surface area contributed by atoms with Gasteiger partial charge in [-0.05, 0) is 18.2 Å². The predicted octanol–water partition coefficient (Wildman–Crippen LogP) is 1.98. The number of benzene rings is 1. The van der Waals surface area contributed by atoms with Gasteiger partial charge in [0.15, 0.2) is 0 Å². The number of rotatable bonds is 1. The zero-order valence-electron chi connectivity index (χ0n) is 6.22. The topological polar surface area (TPSA) is 25.0 Å². The van der Waals surface area contributed by atoms with Crippen molar-refractivity contribution in [1.82, 2.24) is 4.98 Å². The molecule has 0 aliphatic heterocycles. The molecule has 0 aliphatic rings. The molecule has 0 aliphatic carbocycles. The van der Waals surface area contributed by atoms with Crippen LogP contribution < -0.4 is 4.74 Å². The van der Waals surface area contributed by atoms with E-state index < -0.39 is 0 Å². The summed E-state index contributed by atoms with van der Waals surface area (Å²) in [7, 11) is 1.65. The summed E-state index contributed by atoms with van der Waals surface area (Å²) >= 11 is 0. The Balaban J connectivity index is 2.67. The molecule has 0 fully saturated rings. The van der Waals surface area contributed by atoms with Crippen LogP contribution in [0.15, 0.2) is 24.4 Å². The highest BCUT2D eigenvalue weighted by Crippen LogP contribution is 2.17. The van der Waals surface area contributed by atoms with Gasteiger partial charge in [-0.2, -0.15) is 0 Å². The number of hydrogen-bond acceptors (Lipinski definition) is 1. The molecule has 0 bridgehead atoms. The quantitative estimate of drug-likeness (QED) is 0.653. The first-order valence-corrected chi connectivity index (χ1v) is 3.43. The fourth-order valence-corrected chi connectivity index (χ4v) is 1.08. The Morgan fingerprint density at radius 2 is 2.45 bits per heavy atom. The summed E-state index contributed by atoms with van der Waals surface area (Å²) in [6.45, 7) is 0. The van der Waals surface area contributed by atoms with Gasteiger partial charge >= 0.3 is 0 Å². The monoisotopic (exact) mass is 146 g/mol. The highest BCUT2D eigenvalue weighted by molar-refractivity contribution is 5.79. The van der Waals surface area contributed by atoms with E-state index in [0.717, 1.165) is 16.7 Å².